The molecule has 0 spiro atoms. The second kappa shape index (κ2) is 5.27. The molecule has 20 heavy (non-hydrogen) atoms. The lowest BCUT2D eigenvalue weighted by Crippen LogP contribution is -2.57. The first-order chi connectivity index (χ1) is 9.68. The van der Waals surface area contributed by atoms with Crippen LogP contribution >= 0.6 is 0 Å². The van der Waals surface area contributed by atoms with Crippen molar-refractivity contribution >= 4 is 11.8 Å². The van der Waals surface area contributed by atoms with Crippen LogP contribution in [0, 0.1) is 0 Å². The van der Waals surface area contributed by atoms with Gasteiger partial charge in [0.2, 0.25) is 11.8 Å². The Balaban J connectivity index is 1.86. The average molecular weight is 272 g/mol. The van der Waals surface area contributed by atoms with Crippen molar-refractivity contribution in [1.82, 2.24) is 10.2 Å². The van der Waals surface area contributed by atoms with Crippen LogP contribution in [-0.4, -0.2) is 35.8 Å². The number of carbonyl (C=O) groups excluding carboxylic acids is 2. The van der Waals surface area contributed by atoms with Gasteiger partial charge in [-0.25, -0.2) is 0 Å². The van der Waals surface area contributed by atoms with Gasteiger partial charge in [-0.15, -0.1) is 0 Å². The van der Waals surface area contributed by atoms with Crippen molar-refractivity contribution in [3.63, 3.8) is 0 Å². The predicted octanol–water partition coefficient (Wildman–Crippen LogP) is 1.45. The molecule has 1 heterocycles. The van der Waals surface area contributed by atoms with Crippen LogP contribution in [0.3, 0.4) is 0 Å². The Morgan fingerprint density at radius 2 is 2.15 bits per heavy atom. The van der Waals surface area contributed by atoms with Gasteiger partial charge in [0.15, 0.2) is 0 Å². The molecule has 1 N–H and O–H groups in total. The molecule has 4 heteroatoms. The van der Waals surface area contributed by atoms with Crippen LogP contribution in [0.4, 0.5) is 0 Å². The molecule has 1 aliphatic carbocycles. The van der Waals surface area contributed by atoms with E-state index in [9.17, 15) is 9.59 Å². The van der Waals surface area contributed by atoms with E-state index in [0.29, 0.717) is 13.1 Å². The Morgan fingerprint density at radius 3 is 3.00 bits per heavy atom. The molecule has 2 atom stereocenters. The molecule has 1 aromatic carbocycles. The number of hydrogen-bond acceptors (Lipinski definition) is 2. The van der Waals surface area contributed by atoms with Crippen LogP contribution in [0.15, 0.2) is 24.3 Å². The van der Waals surface area contributed by atoms with Gasteiger partial charge in [0.05, 0.1) is 5.92 Å². The molecule has 3 rings (SSSR count). The molecule has 2 amide bonds. The van der Waals surface area contributed by atoms with E-state index in [-0.39, 0.29) is 23.8 Å². The van der Waals surface area contributed by atoms with Crippen molar-refractivity contribution in [3.8, 4) is 0 Å². The highest BCUT2D eigenvalue weighted by atomic mass is 16.2. The summed E-state index contributed by atoms with van der Waals surface area (Å²) in [6.07, 6.45) is 2.98. The van der Waals surface area contributed by atoms with E-state index in [1.807, 2.05) is 12.1 Å². The van der Waals surface area contributed by atoms with E-state index >= 15 is 0 Å². The fourth-order valence-corrected chi connectivity index (χ4v) is 3.29. The molecule has 2 aliphatic rings. The fraction of sp³-hybridized carbons (Fsp3) is 0.500. The number of carbonyl (C=O) groups is 2. The van der Waals surface area contributed by atoms with Gasteiger partial charge >= 0.3 is 0 Å². The molecule has 0 radical (unpaired) electrons. The molecule has 2 unspecified atom stereocenters. The van der Waals surface area contributed by atoms with Crippen LogP contribution in [0.1, 0.15) is 36.8 Å². The highest BCUT2D eigenvalue weighted by molar-refractivity contribution is 5.91. The predicted molar refractivity (Wildman–Crippen MR) is 76.3 cm³/mol. The van der Waals surface area contributed by atoms with Gasteiger partial charge < -0.3 is 10.2 Å². The van der Waals surface area contributed by atoms with Gasteiger partial charge in [0.1, 0.15) is 6.04 Å². The van der Waals surface area contributed by atoms with Gasteiger partial charge in [-0.05, 0) is 37.3 Å². The molecule has 0 saturated carbocycles. The molecule has 0 bridgehead atoms. The fourth-order valence-electron chi connectivity index (χ4n) is 3.29. The smallest absolute Gasteiger partial charge is 0.242 e. The quantitative estimate of drug-likeness (QED) is 0.841. The third kappa shape index (κ3) is 2.19. The molecular weight excluding hydrogens is 252 g/mol. The number of nitrogens with zero attached hydrogens (tertiary/aromatic N) is 1. The number of nitrogens with one attached hydrogen (secondary N) is 1. The summed E-state index contributed by atoms with van der Waals surface area (Å²) in [7, 11) is 0. The topological polar surface area (TPSA) is 49.4 Å². The van der Waals surface area contributed by atoms with Crippen molar-refractivity contribution in [2.75, 3.05) is 13.1 Å². The Morgan fingerprint density at radius 1 is 1.35 bits per heavy atom. The Bertz CT molecular complexity index is 541. The van der Waals surface area contributed by atoms with Gasteiger partial charge in [-0.2, -0.15) is 0 Å². The van der Waals surface area contributed by atoms with E-state index < -0.39 is 0 Å². The number of hydrogen-bond donors (Lipinski definition) is 1. The molecular formula is C16H20N2O2. The van der Waals surface area contributed by atoms with Crippen molar-refractivity contribution < 1.29 is 9.59 Å². The van der Waals surface area contributed by atoms with Crippen molar-refractivity contribution in [3.05, 3.63) is 35.4 Å². The first-order valence-corrected chi connectivity index (χ1v) is 7.34. The summed E-state index contributed by atoms with van der Waals surface area (Å²) in [6.45, 7) is 2.98. The Kier molecular flexibility index (Phi) is 3.47. The number of aryl methyl sites for hydroxylation is 1. The van der Waals surface area contributed by atoms with Gasteiger partial charge in [0, 0.05) is 13.1 Å². The summed E-state index contributed by atoms with van der Waals surface area (Å²) in [5.41, 5.74) is 2.44. The molecule has 1 aliphatic heterocycles. The highest BCUT2D eigenvalue weighted by Gasteiger charge is 2.35. The van der Waals surface area contributed by atoms with Crippen LogP contribution in [-0.2, 0) is 16.0 Å². The standard InChI is InChI=1S/C16H20N2O2/c1-11-15(19)17-9-10-18(11)16(20)14-8-4-6-12-5-2-3-7-13(12)14/h2-3,5,7,11,14H,4,6,8-10H2,1H3,(H,17,19). The Hall–Kier alpha value is -1.84. The summed E-state index contributed by atoms with van der Waals surface area (Å²) in [4.78, 5) is 26.3. The summed E-state index contributed by atoms with van der Waals surface area (Å²) < 4.78 is 0. The normalized spacial score (nSPS) is 25.9. The van der Waals surface area contributed by atoms with Gasteiger partial charge in [-0.1, -0.05) is 24.3 Å². The lowest BCUT2D eigenvalue weighted by Gasteiger charge is -2.36. The minimum atomic E-state index is -0.356. The van der Waals surface area contributed by atoms with E-state index in [1.54, 1.807) is 11.8 Å². The summed E-state index contributed by atoms with van der Waals surface area (Å²) in [5, 5.41) is 2.81. The monoisotopic (exact) mass is 272 g/mol. The van der Waals surface area contributed by atoms with E-state index in [0.717, 1.165) is 24.8 Å². The molecule has 4 nitrogen and oxygen atoms in total. The second-order valence-electron chi connectivity index (χ2n) is 5.64. The van der Waals surface area contributed by atoms with Crippen LogP contribution in [0.5, 0.6) is 0 Å². The van der Waals surface area contributed by atoms with Crippen molar-refractivity contribution in [1.29, 1.82) is 0 Å². The largest absolute Gasteiger partial charge is 0.353 e. The van der Waals surface area contributed by atoms with Gasteiger partial charge in [0.25, 0.3) is 0 Å². The maximum atomic E-state index is 12.8. The summed E-state index contributed by atoms with van der Waals surface area (Å²) in [6, 6.07) is 7.84. The van der Waals surface area contributed by atoms with E-state index in [1.165, 1.54) is 5.56 Å². The molecule has 0 aromatic heterocycles. The SMILES string of the molecule is CC1C(=O)NCCN1C(=O)C1CCCc2ccccc21. The molecule has 1 aromatic rings. The average Bonchev–Trinajstić information content (AvgIpc) is 2.49. The number of benzene rings is 1. The van der Waals surface area contributed by atoms with Crippen molar-refractivity contribution in [2.24, 2.45) is 0 Å². The third-order valence-electron chi connectivity index (χ3n) is 4.45. The zero-order valence-electron chi connectivity index (χ0n) is 11.8. The molecule has 1 fully saturated rings. The van der Waals surface area contributed by atoms with E-state index in [2.05, 4.69) is 17.4 Å². The maximum Gasteiger partial charge on any atom is 0.242 e. The van der Waals surface area contributed by atoms with E-state index in [4.69, 9.17) is 0 Å². The first-order valence-electron chi connectivity index (χ1n) is 7.34. The second-order valence-corrected chi connectivity index (χ2v) is 5.64. The number of amides is 2. The van der Waals surface area contributed by atoms with Crippen LogP contribution in [0.2, 0.25) is 0 Å². The lowest BCUT2D eigenvalue weighted by molar-refractivity contribution is -0.143. The number of fused-ring (bicyclic) bond motifs is 1. The molecule has 106 valence electrons. The highest BCUT2D eigenvalue weighted by Crippen LogP contribution is 2.33. The van der Waals surface area contributed by atoms with Crippen LogP contribution < -0.4 is 5.32 Å². The Labute approximate surface area is 119 Å². The number of piperazine rings is 1. The first kappa shape index (κ1) is 13.2. The van der Waals surface area contributed by atoms with Gasteiger partial charge in [-0.3, -0.25) is 9.59 Å². The number of rotatable bonds is 1. The zero-order valence-corrected chi connectivity index (χ0v) is 11.8. The minimum absolute atomic E-state index is 0.0475. The maximum absolute atomic E-state index is 12.8. The third-order valence-corrected chi connectivity index (χ3v) is 4.45. The summed E-state index contributed by atoms with van der Waals surface area (Å²) in [5.74, 6) is -0.0125. The zero-order chi connectivity index (χ0) is 14.1. The van der Waals surface area contributed by atoms with Crippen LogP contribution in [0.25, 0.3) is 0 Å². The summed E-state index contributed by atoms with van der Waals surface area (Å²) >= 11 is 0. The molecule has 1 saturated heterocycles. The lowest BCUT2D eigenvalue weighted by atomic mass is 9.82. The minimum Gasteiger partial charge on any atom is -0.353 e. The van der Waals surface area contributed by atoms with Crippen molar-refractivity contribution in [2.45, 2.75) is 38.1 Å².